The van der Waals surface area contributed by atoms with E-state index in [-0.39, 0.29) is 0 Å². The lowest BCUT2D eigenvalue weighted by Crippen LogP contribution is -1.85. The lowest BCUT2D eigenvalue weighted by Gasteiger charge is -1.81. The van der Waals surface area contributed by atoms with Crippen LogP contribution >= 0.6 is 11.9 Å². The van der Waals surface area contributed by atoms with Crippen LogP contribution < -0.4 is 4.72 Å². The molecule has 0 aromatic rings. The summed E-state index contributed by atoms with van der Waals surface area (Å²) in [6.07, 6.45) is 3.62. The number of rotatable bonds is 3. The van der Waals surface area contributed by atoms with Gasteiger partial charge in [0.25, 0.3) is 0 Å². The van der Waals surface area contributed by atoms with Gasteiger partial charge in [0.15, 0.2) is 0 Å². The zero-order valence-corrected chi connectivity index (χ0v) is 5.16. The van der Waals surface area contributed by atoms with Crippen molar-refractivity contribution in [3.63, 3.8) is 0 Å². The molecule has 0 bridgehead atoms. The molecule has 0 saturated carbocycles. The second-order valence-electron chi connectivity index (χ2n) is 0.886. The zero-order chi connectivity index (χ0) is 5.54. The predicted octanol–water partition coefficient (Wildman–Crippen LogP) is 1.55. The van der Waals surface area contributed by atoms with Crippen molar-refractivity contribution in [2.75, 3.05) is 7.05 Å². The molecule has 40 valence electrons. The van der Waals surface area contributed by atoms with E-state index in [9.17, 15) is 0 Å². The maximum Gasteiger partial charge on any atom is -0.00533 e. The van der Waals surface area contributed by atoms with Crippen molar-refractivity contribution in [3.05, 3.63) is 24.1 Å². The van der Waals surface area contributed by atoms with Crippen LogP contribution in [0.1, 0.15) is 0 Å². The summed E-state index contributed by atoms with van der Waals surface area (Å²) in [5.74, 6) is 0. The van der Waals surface area contributed by atoms with Crippen molar-refractivity contribution in [2.45, 2.75) is 0 Å². The van der Waals surface area contributed by atoms with Crippen LogP contribution in [-0.4, -0.2) is 7.05 Å². The first-order valence-corrected chi connectivity index (χ1v) is 2.89. The first-order chi connectivity index (χ1) is 3.41. The fraction of sp³-hybridized carbons (Fsp3) is 0.200. The SMILES string of the molecule is C=C/C=C\SNC. The molecule has 0 aromatic carbocycles. The summed E-state index contributed by atoms with van der Waals surface area (Å²) >= 11 is 1.53. The van der Waals surface area contributed by atoms with E-state index in [2.05, 4.69) is 11.3 Å². The van der Waals surface area contributed by atoms with Gasteiger partial charge in [-0.25, -0.2) is 0 Å². The van der Waals surface area contributed by atoms with Gasteiger partial charge < -0.3 is 0 Å². The van der Waals surface area contributed by atoms with Gasteiger partial charge in [-0.1, -0.05) is 30.7 Å². The second kappa shape index (κ2) is 5.79. The van der Waals surface area contributed by atoms with Crippen LogP contribution in [0.4, 0.5) is 0 Å². The fourth-order valence-electron chi connectivity index (χ4n) is 0.163. The molecule has 0 radical (unpaired) electrons. The average molecular weight is 115 g/mol. The van der Waals surface area contributed by atoms with Crippen LogP contribution in [0.2, 0.25) is 0 Å². The third kappa shape index (κ3) is 5.79. The Labute approximate surface area is 48.6 Å². The largest absolute Gasteiger partial charge is 0.263 e. The van der Waals surface area contributed by atoms with E-state index in [1.54, 1.807) is 6.08 Å². The summed E-state index contributed by atoms with van der Waals surface area (Å²) in [5.41, 5.74) is 0. The topological polar surface area (TPSA) is 12.0 Å². The summed E-state index contributed by atoms with van der Waals surface area (Å²) < 4.78 is 2.88. The molecule has 0 rings (SSSR count). The number of allylic oxidation sites excluding steroid dienone is 2. The summed E-state index contributed by atoms with van der Waals surface area (Å²) in [4.78, 5) is 0. The van der Waals surface area contributed by atoms with Crippen LogP contribution in [0.25, 0.3) is 0 Å². The van der Waals surface area contributed by atoms with Gasteiger partial charge >= 0.3 is 0 Å². The van der Waals surface area contributed by atoms with Crippen molar-refractivity contribution < 1.29 is 0 Å². The molecule has 1 N–H and O–H groups in total. The maximum absolute atomic E-state index is 3.50. The van der Waals surface area contributed by atoms with Crippen LogP contribution in [0.5, 0.6) is 0 Å². The molecule has 0 fully saturated rings. The third-order valence-electron chi connectivity index (χ3n) is 0.401. The fourth-order valence-corrected chi connectivity index (χ4v) is 0.489. The van der Waals surface area contributed by atoms with Gasteiger partial charge in [-0.2, -0.15) is 0 Å². The minimum absolute atomic E-state index is 1.53. The quantitative estimate of drug-likeness (QED) is 0.442. The molecule has 0 heterocycles. The Hall–Kier alpha value is -0.210. The third-order valence-corrected chi connectivity index (χ3v) is 0.929. The Morgan fingerprint density at radius 1 is 1.71 bits per heavy atom. The Kier molecular flexibility index (Phi) is 5.62. The highest BCUT2D eigenvalue weighted by Gasteiger charge is 1.63. The zero-order valence-electron chi connectivity index (χ0n) is 4.35. The van der Waals surface area contributed by atoms with Crippen LogP contribution in [0.15, 0.2) is 24.1 Å². The number of hydrogen-bond acceptors (Lipinski definition) is 2. The van der Waals surface area contributed by atoms with Crippen LogP contribution in [0.3, 0.4) is 0 Å². The smallest absolute Gasteiger partial charge is 0.00533 e. The molecule has 1 nitrogen and oxygen atoms in total. The van der Waals surface area contributed by atoms with Gasteiger partial charge in [-0.3, -0.25) is 4.72 Å². The summed E-state index contributed by atoms with van der Waals surface area (Å²) in [5, 5.41) is 1.92. The maximum atomic E-state index is 3.50. The van der Waals surface area contributed by atoms with Crippen molar-refractivity contribution in [2.24, 2.45) is 0 Å². The molecule has 0 aromatic heterocycles. The van der Waals surface area contributed by atoms with Crippen molar-refractivity contribution in [1.82, 2.24) is 4.72 Å². The van der Waals surface area contributed by atoms with Gasteiger partial charge in [0.1, 0.15) is 0 Å². The molecular weight excluding hydrogens is 106 g/mol. The first kappa shape index (κ1) is 6.79. The van der Waals surface area contributed by atoms with Crippen molar-refractivity contribution in [1.29, 1.82) is 0 Å². The lowest BCUT2D eigenvalue weighted by molar-refractivity contribution is 1.31. The van der Waals surface area contributed by atoms with E-state index in [0.717, 1.165) is 0 Å². The highest BCUT2D eigenvalue weighted by atomic mass is 32.2. The molecule has 0 amide bonds. The lowest BCUT2D eigenvalue weighted by atomic mass is 10.6. The van der Waals surface area contributed by atoms with E-state index >= 15 is 0 Å². The summed E-state index contributed by atoms with van der Waals surface area (Å²) in [7, 11) is 1.87. The van der Waals surface area contributed by atoms with Gasteiger partial charge in [0, 0.05) is 0 Å². The molecule has 0 aliphatic heterocycles. The standard InChI is InChI=1S/C5H9NS/c1-3-4-5-7-6-2/h3-6H,1H2,2H3/b5-4-. The molecule has 0 spiro atoms. The van der Waals surface area contributed by atoms with E-state index in [1.807, 2.05) is 18.5 Å². The molecule has 0 atom stereocenters. The van der Waals surface area contributed by atoms with Crippen LogP contribution in [-0.2, 0) is 0 Å². The molecule has 2 heteroatoms. The second-order valence-corrected chi connectivity index (χ2v) is 1.80. The molecular formula is C5H9NS. The monoisotopic (exact) mass is 115 g/mol. The minimum atomic E-state index is 1.53. The minimum Gasteiger partial charge on any atom is -0.263 e. The molecule has 7 heavy (non-hydrogen) atoms. The van der Waals surface area contributed by atoms with Gasteiger partial charge in [0.2, 0.25) is 0 Å². The van der Waals surface area contributed by atoms with Gasteiger partial charge in [0.05, 0.1) is 0 Å². The summed E-state index contributed by atoms with van der Waals surface area (Å²) in [6.45, 7) is 3.50. The van der Waals surface area contributed by atoms with E-state index < -0.39 is 0 Å². The Bertz CT molecular complexity index is 68.5. The van der Waals surface area contributed by atoms with E-state index in [0.29, 0.717) is 0 Å². The first-order valence-electron chi connectivity index (χ1n) is 2.01. The molecule has 0 aliphatic carbocycles. The normalized spacial score (nSPS) is 9.86. The highest BCUT2D eigenvalue weighted by molar-refractivity contribution is 8.00. The molecule has 0 unspecified atom stereocenters. The van der Waals surface area contributed by atoms with E-state index in [4.69, 9.17) is 0 Å². The average Bonchev–Trinajstić information content (AvgIpc) is 1.69. The Morgan fingerprint density at radius 3 is 2.86 bits per heavy atom. The van der Waals surface area contributed by atoms with E-state index in [1.165, 1.54) is 11.9 Å². The van der Waals surface area contributed by atoms with Crippen molar-refractivity contribution >= 4 is 11.9 Å². The highest BCUT2D eigenvalue weighted by Crippen LogP contribution is 1.90. The summed E-state index contributed by atoms with van der Waals surface area (Å²) in [6, 6.07) is 0. The number of nitrogens with one attached hydrogen (secondary N) is 1. The Balaban J connectivity index is 2.92. The predicted molar refractivity (Wildman–Crippen MR) is 36.0 cm³/mol. The Morgan fingerprint density at radius 2 is 2.43 bits per heavy atom. The van der Waals surface area contributed by atoms with Crippen molar-refractivity contribution in [3.8, 4) is 0 Å². The van der Waals surface area contributed by atoms with Gasteiger partial charge in [-0.05, 0) is 12.5 Å². The van der Waals surface area contributed by atoms with Crippen LogP contribution in [0, 0.1) is 0 Å². The number of hydrogen-bond donors (Lipinski definition) is 1. The molecule has 0 aliphatic rings. The molecule has 0 saturated heterocycles. The van der Waals surface area contributed by atoms with Gasteiger partial charge in [-0.15, -0.1) is 0 Å².